The van der Waals surface area contributed by atoms with Crippen LogP contribution in [0.1, 0.15) is 15.4 Å². The molecule has 20 heavy (non-hydrogen) atoms. The lowest BCUT2D eigenvalue weighted by atomic mass is 10.2. The standard InChI is InChI=1S/C12H16N4O2S2/c1-7-8-9(13)10(19-12(8)15(2)14-7)11(17)16-3-5-20(18)6-4-16/h3-6,13H2,1-2H3. The van der Waals surface area contributed by atoms with Crippen LogP contribution < -0.4 is 5.73 Å². The number of anilines is 1. The van der Waals surface area contributed by atoms with Crippen LogP contribution in [-0.2, 0) is 17.8 Å². The summed E-state index contributed by atoms with van der Waals surface area (Å²) in [4.78, 5) is 15.8. The number of aromatic nitrogens is 2. The predicted molar refractivity (Wildman–Crippen MR) is 81.5 cm³/mol. The highest BCUT2D eigenvalue weighted by Crippen LogP contribution is 2.36. The molecule has 3 heterocycles. The van der Waals surface area contributed by atoms with E-state index in [0.717, 1.165) is 15.9 Å². The number of carbonyl (C=O) groups excluding carboxylic acids is 1. The highest BCUT2D eigenvalue weighted by atomic mass is 32.2. The maximum absolute atomic E-state index is 12.5. The Morgan fingerprint density at radius 3 is 2.65 bits per heavy atom. The second-order valence-electron chi connectivity index (χ2n) is 4.87. The normalized spacial score (nSPS) is 17.0. The van der Waals surface area contributed by atoms with Crippen molar-refractivity contribution in [1.29, 1.82) is 0 Å². The molecule has 0 radical (unpaired) electrons. The van der Waals surface area contributed by atoms with Crippen LogP contribution in [0.15, 0.2) is 0 Å². The Balaban J connectivity index is 1.98. The Bertz CT molecular complexity index is 709. The Labute approximate surface area is 123 Å². The van der Waals surface area contributed by atoms with Crippen molar-refractivity contribution >= 4 is 43.9 Å². The van der Waals surface area contributed by atoms with Gasteiger partial charge in [0.1, 0.15) is 9.71 Å². The number of nitrogens with two attached hydrogens (primary N) is 1. The molecule has 2 aromatic rings. The third kappa shape index (κ3) is 2.03. The molecule has 1 amide bonds. The predicted octanol–water partition coefficient (Wildman–Crippen LogP) is 0.730. The Kier molecular flexibility index (Phi) is 3.29. The molecule has 1 saturated heterocycles. The molecule has 1 aliphatic heterocycles. The molecular formula is C12H16N4O2S2. The molecule has 108 valence electrons. The van der Waals surface area contributed by atoms with Crippen LogP contribution in [0.3, 0.4) is 0 Å². The van der Waals surface area contributed by atoms with Crippen molar-refractivity contribution in [3.63, 3.8) is 0 Å². The Hall–Kier alpha value is -1.41. The SMILES string of the molecule is Cc1nn(C)c2sc(C(=O)N3CCS(=O)CC3)c(N)c12. The van der Waals surface area contributed by atoms with Gasteiger partial charge in [0.2, 0.25) is 0 Å². The topological polar surface area (TPSA) is 81.2 Å². The van der Waals surface area contributed by atoms with Gasteiger partial charge in [-0.3, -0.25) is 13.7 Å². The van der Waals surface area contributed by atoms with Crippen LogP contribution in [0.5, 0.6) is 0 Å². The highest BCUT2D eigenvalue weighted by Gasteiger charge is 2.27. The van der Waals surface area contributed by atoms with Gasteiger partial charge < -0.3 is 10.6 Å². The molecule has 0 aromatic carbocycles. The summed E-state index contributed by atoms with van der Waals surface area (Å²) in [6.07, 6.45) is 0. The van der Waals surface area contributed by atoms with E-state index in [1.165, 1.54) is 11.3 Å². The quantitative estimate of drug-likeness (QED) is 0.842. The third-order valence-electron chi connectivity index (χ3n) is 3.54. The summed E-state index contributed by atoms with van der Waals surface area (Å²) in [7, 11) is 1.06. The van der Waals surface area contributed by atoms with Crippen molar-refractivity contribution in [3.05, 3.63) is 10.6 Å². The van der Waals surface area contributed by atoms with Gasteiger partial charge in [0, 0.05) is 42.4 Å². The van der Waals surface area contributed by atoms with Crippen molar-refractivity contribution in [2.75, 3.05) is 30.3 Å². The second kappa shape index (κ2) is 4.85. The fourth-order valence-electron chi connectivity index (χ4n) is 2.47. The van der Waals surface area contributed by atoms with Crippen molar-refractivity contribution in [1.82, 2.24) is 14.7 Å². The van der Waals surface area contributed by atoms with E-state index < -0.39 is 10.8 Å². The summed E-state index contributed by atoms with van der Waals surface area (Å²) in [5, 5.41) is 5.19. The lowest BCUT2D eigenvalue weighted by Gasteiger charge is -2.26. The molecule has 1 fully saturated rings. The summed E-state index contributed by atoms with van der Waals surface area (Å²) in [6.45, 7) is 2.97. The molecule has 2 N–H and O–H groups in total. The van der Waals surface area contributed by atoms with E-state index in [1.807, 2.05) is 14.0 Å². The monoisotopic (exact) mass is 312 g/mol. The number of carbonyl (C=O) groups is 1. The smallest absolute Gasteiger partial charge is 0.266 e. The number of aryl methyl sites for hydroxylation is 2. The molecule has 2 aromatic heterocycles. The van der Waals surface area contributed by atoms with Crippen molar-refractivity contribution < 1.29 is 9.00 Å². The number of hydrogen-bond acceptors (Lipinski definition) is 5. The van der Waals surface area contributed by atoms with Gasteiger partial charge in [0.05, 0.1) is 16.8 Å². The zero-order valence-corrected chi connectivity index (χ0v) is 13.0. The minimum atomic E-state index is -0.789. The van der Waals surface area contributed by atoms with E-state index in [2.05, 4.69) is 5.10 Å². The van der Waals surface area contributed by atoms with E-state index in [4.69, 9.17) is 5.73 Å². The number of thiophene rings is 1. The number of hydrogen-bond donors (Lipinski definition) is 1. The van der Waals surface area contributed by atoms with Gasteiger partial charge in [0.25, 0.3) is 5.91 Å². The van der Waals surface area contributed by atoms with Crippen molar-refractivity contribution in [2.24, 2.45) is 7.05 Å². The molecule has 0 saturated carbocycles. The molecule has 0 aliphatic carbocycles. The summed E-state index contributed by atoms with van der Waals surface area (Å²) < 4.78 is 13.1. The molecule has 3 rings (SSSR count). The molecule has 8 heteroatoms. The molecule has 0 spiro atoms. The molecule has 0 bridgehead atoms. The maximum Gasteiger partial charge on any atom is 0.266 e. The van der Waals surface area contributed by atoms with Gasteiger partial charge >= 0.3 is 0 Å². The average molecular weight is 312 g/mol. The van der Waals surface area contributed by atoms with E-state index in [1.54, 1.807) is 9.58 Å². The van der Waals surface area contributed by atoms with Crippen LogP contribution in [-0.4, -0.2) is 49.4 Å². The van der Waals surface area contributed by atoms with Gasteiger partial charge in [-0.25, -0.2) is 0 Å². The van der Waals surface area contributed by atoms with Crippen LogP contribution in [0, 0.1) is 6.92 Å². The second-order valence-corrected chi connectivity index (χ2v) is 7.57. The number of rotatable bonds is 1. The third-order valence-corrected chi connectivity index (χ3v) is 6.08. The number of nitrogen functional groups attached to an aromatic ring is 1. The first-order valence-corrected chi connectivity index (χ1v) is 8.65. The van der Waals surface area contributed by atoms with Crippen LogP contribution >= 0.6 is 11.3 Å². The summed E-state index contributed by atoms with van der Waals surface area (Å²) in [5.41, 5.74) is 7.50. The van der Waals surface area contributed by atoms with E-state index in [0.29, 0.717) is 35.2 Å². The van der Waals surface area contributed by atoms with E-state index in [9.17, 15) is 9.00 Å². The number of amides is 1. The van der Waals surface area contributed by atoms with Gasteiger partial charge in [0.15, 0.2) is 0 Å². The molecular weight excluding hydrogens is 296 g/mol. The van der Waals surface area contributed by atoms with E-state index >= 15 is 0 Å². The maximum atomic E-state index is 12.5. The van der Waals surface area contributed by atoms with E-state index in [-0.39, 0.29) is 5.91 Å². The lowest BCUT2D eigenvalue weighted by Crippen LogP contribution is -2.41. The fourth-order valence-corrected chi connectivity index (χ4v) is 4.68. The van der Waals surface area contributed by atoms with Crippen LogP contribution in [0.2, 0.25) is 0 Å². The molecule has 0 atom stereocenters. The first-order chi connectivity index (χ1) is 9.49. The summed E-state index contributed by atoms with van der Waals surface area (Å²) >= 11 is 1.38. The Morgan fingerprint density at radius 2 is 2.05 bits per heavy atom. The molecule has 6 nitrogen and oxygen atoms in total. The first kappa shape index (κ1) is 13.6. The van der Waals surface area contributed by atoms with Crippen LogP contribution in [0.4, 0.5) is 5.69 Å². The minimum Gasteiger partial charge on any atom is -0.397 e. The van der Waals surface area contributed by atoms with Gasteiger partial charge in [-0.15, -0.1) is 11.3 Å². The largest absolute Gasteiger partial charge is 0.397 e. The molecule has 0 unspecified atom stereocenters. The minimum absolute atomic E-state index is 0.0557. The number of nitrogens with zero attached hydrogens (tertiary/aromatic N) is 3. The highest BCUT2D eigenvalue weighted by molar-refractivity contribution is 7.85. The summed E-state index contributed by atoms with van der Waals surface area (Å²) in [5.74, 6) is 1.05. The Morgan fingerprint density at radius 1 is 1.40 bits per heavy atom. The van der Waals surface area contributed by atoms with Gasteiger partial charge in [-0.1, -0.05) is 0 Å². The lowest BCUT2D eigenvalue weighted by molar-refractivity contribution is 0.0777. The summed E-state index contributed by atoms with van der Waals surface area (Å²) in [6, 6.07) is 0. The zero-order valence-electron chi connectivity index (χ0n) is 11.4. The average Bonchev–Trinajstić information content (AvgIpc) is 2.89. The van der Waals surface area contributed by atoms with Crippen LogP contribution in [0.25, 0.3) is 10.2 Å². The van der Waals surface area contributed by atoms with Crippen molar-refractivity contribution in [3.8, 4) is 0 Å². The zero-order chi connectivity index (χ0) is 14.4. The fraction of sp³-hybridized carbons (Fsp3) is 0.500. The number of fused-ring (bicyclic) bond motifs is 1. The van der Waals surface area contributed by atoms with Gasteiger partial charge in [-0.2, -0.15) is 5.10 Å². The first-order valence-electron chi connectivity index (χ1n) is 6.35. The molecule has 1 aliphatic rings. The van der Waals surface area contributed by atoms with Crippen molar-refractivity contribution in [2.45, 2.75) is 6.92 Å². The van der Waals surface area contributed by atoms with Gasteiger partial charge in [-0.05, 0) is 6.92 Å².